The molecular formula is C23H27N4O2+. The number of nitrogens with two attached hydrogens (primary N) is 1. The number of ether oxygens (including phenoxy) is 1. The predicted molar refractivity (Wildman–Crippen MR) is 112 cm³/mol. The van der Waals surface area contributed by atoms with E-state index >= 15 is 0 Å². The summed E-state index contributed by atoms with van der Waals surface area (Å²) in [6.45, 7) is 3.83. The van der Waals surface area contributed by atoms with E-state index in [0.29, 0.717) is 17.4 Å². The monoisotopic (exact) mass is 391 g/mol. The smallest absolute Gasteiger partial charge is 0.306 e. The Hall–Kier alpha value is -3.12. The fraction of sp³-hybridized carbons (Fsp3) is 0.304. The molecule has 1 atom stereocenters. The van der Waals surface area contributed by atoms with Gasteiger partial charge < -0.3 is 20.5 Å². The highest BCUT2D eigenvalue weighted by Gasteiger charge is 2.36. The van der Waals surface area contributed by atoms with Crippen LogP contribution in [0.4, 0.5) is 5.82 Å². The van der Waals surface area contributed by atoms with E-state index in [1.165, 1.54) is 5.56 Å². The minimum Gasteiger partial charge on any atom is -0.508 e. The summed E-state index contributed by atoms with van der Waals surface area (Å²) in [6, 6.07) is 13.7. The van der Waals surface area contributed by atoms with E-state index < -0.39 is 0 Å². The van der Waals surface area contributed by atoms with E-state index in [0.717, 1.165) is 36.2 Å². The number of aromatic hydroxyl groups is 1. The van der Waals surface area contributed by atoms with Gasteiger partial charge in [0.1, 0.15) is 17.1 Å². The Kier molecular flexibility index (Phi) is 5.11. The Morgan fingerprint density at radius 1 is 1.17 bits per heavy atom. The summed E-state index contributed by atoms with van der Waals surface area (Å²) in [6.07, 6.45) is 2.71. The minimum atomic E-state index is -0.108. The lowest BCUT2D eigenvalue weighted by molar-refractivity contribution is -0.686. The molecule has 1 aliphatic heterocycles. The van der Waals surface area contributed by atoms with Crippen molar-refractivity contribution in [1.29, 1.82) is 0 Å². The number of phenolic OH excluding ortho intramolecular Hbond substituents is 1. The molecule has 0 amide bonds. The first-order valence-electron chi connectivity index (χ1n) is 9.84. The minimum absolute atomic E-state index is 0.108. The standard InChI is InChI=1S/C23H26N4O2/c1-15-5-7-16(8-6-15)20-18-10-9-17(28)13-19(18)29-23-21(20)22(24)27(14-25-23)12-4-11-26(2)3/h5-10,13-14,20,24,28H,4,11-12H2,1-3H3/p+1/t20-/m1/s1. The van der Waals surface area contributed by atoms with Gasteiger partial charge in [0, 0.05) is 18.2 Å². The van der Waals surface area contributed by atoms with Gasteiger partial charge in [-0.3, -0.25) is 0 Å². The molecule has 0 saturated heterocycles. The molecule has 6 heteroatoms. The summed E-state index contributed by atoms with van der Waals surface area (Å²) in [5, 5.41) is 9.94. The van der Waals surface area contributed by atoms with Crippen molar-refractivity contribution >= 4 is 5.82 Å². The van der Waals surface area contributed by atoms with Crippen LogP contribution in [-0.2, 0) is 6.54 Å². The Morgan fingerprint density at radius 2 is 1.93 bits per heavy atom. The molecule has 2 aromatic carbocycles. The van der Waals surface area contributed by atoms with Gasteiger partial charge in [-0.1, -0.05) is 40.9 Å². The molecule has 0 spiro atoms. The molecule has 0 bridgehead atoms. The normalized spacial score (nSPS) is 15.0. The van der Waals surface area contributed by atoms with E-state index in [2.05, 4.69) is 55.2 Å². The highest BCUT2D eigenvalue weighted by Crippen LogP contribution is 2.48. The van der Waals surface area contributed by atoms with Crippen molar-refractivity contribution in [2.24, 2.45) is 0 Å². The SMILES string of the molecule is Cc1ccc([C@@H]2c3ccc(O)cc3Oc3nc[n+](CCCN(C)C)c(N)c32)cc1. The fourth-order valence-corrected chi connectivity index (χ4v) is 3.82. The maximum Gasteiger partial charge on any atom is 0.306 e. The van der Waals surface area contributed by atoms with E-state index in [1.54, 1.807) is 18.5 Å². The molecule has 0 saturated carbocycles. The second kappa shape index (κ2) is 7.72. The Labute approximate surface area is 171 Å². The van der Waals surface area contributed by atoms with E-state index in [9.17, 15) is 5.11 Å². The maximum atomic E-state index is 9.94. The average Bonchev–Trinajstić information content (AvgIpc) is 2.68. The first kappa shape index (κ1) is 19.2. The zero-order chi connectivity index (χ0) is 20.5. The first-order valence-corrected chi connectivity index (χ1v) is 9.84. The lowest BCUT2D eigenvalue weighted by Gasteiger charge is -2.27. The summed E-state index contributed by atoms with van der Waals surface area (Å²) < 4.78 is 8.04. The van der Waals surface area contributed by atoms with Gasteiger partial charge in [0.15, 0.2) is 0 Å². The molecule has 0 aliphatic carbocycles. The summed E-state index contributed by atoms with van der Waals surface area (Å²) in [5.74, 6) is 1.83. The average molecular weight is 391 g/mol. The van der Waals surface area contributed by atoms with Gasteiger partial charge in [0.05, 0.1) is 12.5 Å². The van der Waals surface area contributed by atoms with Crippen LogP contribution in [0.1, 0.15) is 34.6 Å². The molecule has 0 fully saturated rings. The van der Waals surface area contributed by atoms with Crippen molar-refractivity contribution in [3.05, 3.63) is 71.0 Å². The first-order chi connectivity index (χ1) is 13.9. The third kappa shape index (κ3) is 3.76. The van der Waals surface area contributed by atoms with Crippen LogP contribution in [0.15, 0.2) is 48.8 Å². The summed E-state index contributed by atoms with van der Waals surface area (Å²) in [5.41, 5.74) is 10.8. The Balaban J connectivity index is 1.82. The summed E-state index contributed by atoms with van der Waals surface area (Å²) in [7, 11) is 4.12. The van der Waals surface area contributed by atoms with Crippen LogP contribution < -0.4 is 15.0 Å². The molecule has 150 valence electrons. The second-order valence-corrected chi connectivity index (χ2v) is 7.87. The highest BCUT2D eigenvalue weighted by atomic mass is 16.5. The lowest BCUT2D eigenvalue weighted by Crippen LogP contribution is -2.40. The number of phenols is 1. The molecule has 2 heterocycles. The Morgan fingerprint density at radius 3 is 2.66 bits per heavy atom. The van der Waals surface area contributed by atoms with Crippen LogP contribution >= 0.6 is 0 Å². The molecular weight excluding hydrogens is 364 g/mol. The number of rotatable bonds is 5. The molecule has 3 aromatic rings. The zero-order valence-electron chi connectivity index (χ0n) is 17.1. The molecule has 3 N–H and O–H groups in total. The number of nitrogens with zero attached hydrogens (tertiary/aromatic N) is 3. The van der Waals surface area contributed by atoms with Gasteiger partial charge in [-0.2, -0.15) is 0 Å². The topological polar surface area (TPSA) is 75.5 Å². The number of anilines is 1. The molecule has 0 radical (unpaired) electrons. The van der Waals surface area contributed by atoms with Crippen molar-refractivity contribution in [1.82, 2.24) is 9.88 Å². The van der Waals surface area contributed by atoms with Crippen LogP contribution in [0.3, 0.4) is 0 Å². The molecule has 4 rings (SSSR count). The number of nitrogen functional groups attached to an aromatic ring is 1. The fourth-order valence-electron chi connectivity index (χ4n) is 3.82. The van der Waals surface area contributed by atoms with Crippen LogP contribution in [0.5, 0.6) is 17.4 Å². The third-order valence-corrected chi connectivity index (χ3v) is 5.35. The van der Waals surface area contributed by atoms with Crippen molar-refractivity contribution in [3.8, 4) is 17.4 Å². The number of hydrogen-bond donors (Lipinski definition) is 2. The van der Waals surface area contributed by atoms with E-state index in [-0.39, 0.29) is 11.7 Å². The number of aromatic nitrogens is 2. The van der Waals surface area contributed by atoms with Crippen LogP contribution in [-0.4, -0.2) is 35.6 Å². The highest BCUT2D eigenvalue weighted by molar-refractivity contribution is 5.62. The van der Waals surface area contributed by atoms with E-state index in [1.807, 2.05) is 10.6 Å². The van der Waals surface area contributed by atoms with Crippen molar-refractivity contribution in [2.75, 3.05) is 26.4 Å². The largest absolute Gasteiger partial charge is 0.508 e. The second-order valence-electron chi connectivity index (χ2n) is 7.87. The van der Waals surface area contributed by atoms with Crippen molar-refractivity contribution < 1.29 is 14.4 Å². The lowest BCUT2D eigenvalue weighted by atomic mass is 9.83. The third-order valence-electron chi connectivity index (χ3n) is 5.35. The molecule has 1 aromatic heterocycles. The summed E-state index contributed by atoms with van der Waals surface area (Å²) in [4.78, 5) is 6.72. The van der Waals surface area contributed by atoms with Gasteiger partial charge in [-0.15, -0.1) is 0 Å². The number of benzene rings is 2. The number of aryl methyl sites for hydroxylation is 2. The zero-order valence-corrected chi connectivity index (χ0v) is 17.1. The van der Waals surface area contributed by atoms with Gasteiger partial charge >= 0.3 is 5.88 Å². The predicted octanol–water partition coefficient (Wildman–Crippen LogP) is 3.20. The molecule has 1 aliphatic rings. The Bertz CT molecular complexity index is 1030. The number of fused-ring (bicyclic) bond motifs is 2. The van der Waals surface area contributed by atoms with Gasteiger partial charge in [-0.05, 0) is 39.1 Å². The maximum absolute atomic E-state index is 9.94. The molecule has 0 unspecified atom stereocenters. The van der Waals surface area contributed by atoms with Crippen molar-refractivity contribution in [3.63, 3.8) is 0 Å². The quantitative estimate of drug-likeness (QED) is 0.511. The summed E-state index contributed by atoms with van der Waals surface area (Å²) >= 11 is 0. The van der Waals surface area contributed by atoms with Crippen LogP contribution in [0, 0.1) is 6.92 Å². The van der Waals surface area contributed by atoms with Crippen LogP contribution in [0.25, 0.3) is 0 Å². The van der Waals surface area contributed by atoms with Crippen molar-refractivity contribution in [2.45, 2.75) is 25.8 Å². The van der Waals surface area contributed by atoms with E-state index in [4.69, 9.17) is 10.5 Å². The van der Waals surface area contributed by atoms with Gasteiger partial charge in [0.25, 0.3) is 0 Å². The van der Waals surface area contributed by atoms with Gasteiger partial charge in [0.2, 0.25) is 12.1 Å². The molecule has 29 heavy (non-hydrogen) atoms. The van der Waals surface area contributed by atoms with Crippen LogP contribution in [0.2, 0.25) is 0 Å². The van der Waals surface area contributed by atoms with Gasteiger partial charge in [-0.25, -0.2) is 4.57 Å². The molecule has 6 nitrogen and oxygen atoms in total. The number of hydrogen-bond acceptors (Lipinski definition) is 5.